The highest BCUT2D eigenvalue weighted by Crippen LogP contribution is 2.18. The van der Waals surface area contributed by atoms with Crippen molar-refractivity contribution in [2.75, 3.05) is 50.7 Å². The molecule has 0 aliphatic carbocycles. The molecule has 0 aromatic carbocycles. The molecule has 0 saturated carbocycles. The highest BCUT2D eigenvalue weighted by Gasteiger charge is 2.27. The summed E-state index contributed by atoms with van der Waals surface area (Å²) in [4.78, 5) is 36.8. The van der Waals surface area contributed by atoms with E-state index < -0.39 is 0 Å². The zero-order valence-electron chi connectivity index (χ0n) is 12.6. The van der Waals surface area contributed by atoms with Crippen LogP contribution in [0.15, 0.2) is 16.6 Å². The van der Waals surface area contributed by atoms with Gasteiger partial charge in [0.25, 0.3) is 0 Å². The molecule has 3 heterocycles. The van der Waals surface area contributed by atoms with Gasteiger partial charge in [0.2, 0.25) is 5.91 Å². The molecule has 10 heteroatoms. The molecule has 124 valence electrons. The molecule has 2 fully saturated rings. The van der Waals surface area contributed by atoms with Crippen LogP contribution in [0, 0.1) is 0 Å². The highest BCUT2D eigenvalue weighted by molar-refractivity contribution is 7.13. The average Bonchev–Trinajstić information content (AvgIpc) is 3.20. The minimum Gasteiger partial charge on any atom is -0.370 e. The Morgan fingerprint density at radius 3 is 2.74 bits per heavy atom. The quantitative estimate of drug-likeness (QED) is 0.420. The molecule has 0 atom stereocenters. The average molecular weight is 337 g/mol. The van der Waals surface area contributed by atoms with E-state index in [0.717, 1.165) is 36.2 Å². The van der Waals surface area contributed by atoms with Crippen molar-refractivity contribution in [3.05, 3.63) is 11.6 Å². The van der Waals surface area contributed by atoms with Gasteiger partial charge in [-0.25, -0.2) is 9.78 Å². The molecule has 0 radical (unpaired) electrons. The number of nitrogens with zero attached hydrogens (tertiary/aromatic N) is 5. The smallest absolute Gasteiger partial charge is 0.324 e. The number of aromatic nitrogens is 1. The number of imide groups is 1. The Morgan fingerprint density at radius 1 is 1.35 bits per heavy atom. The van der Waals surface area contributed by atoms with Gasteiger partial charge < -0.3 is 20.9 Å². The lowest BCUT2D eigenvalue weighted by atomic mass is 10.3. The van der Waals surface area contributed by atoms with E-state index in [2.05, 4.69) is 20.2 Å². The summed E-state index contributed by atoms with van der Waals surface area (Å²) in [6.07, 6.45) is 1.80. The Kier molecular flexibility index (Phi) is 4.60. The molecule has 0 unspecified atom stereocenters. The molecule has 2 aliphatic rings. The van der Waals surface area contributed by atoms with Gasteiger partial charge in [0.05, 0.1) is 19.6 Å². The van der Waals surface area contributed by atoms with E-state index >= 15 is 0 Å². The fourth-order valence-corrected chi connectivity index (χ4v) is 3.24. The molecule has 3 rings (SSSR count). The number of piperazine rings is 1. The summed E-state index contributed by atoms with van der Waals surface area (Å²) in [5.41, 5.74) is 6.01. The first-order valence-electron chi connectivity index (χ1n) is 7.42. The summed E-state index contributed by atoms with van der Waals surface area (Å²) >= 11 is 1.63. The van der Waals surface area contributed by atoms with Crippen LogP contribution in [-0.4, -0.2) is 78.5 Å². The second-order valence-electron chi connectivity index (χ2n) is 5.23. The number of carbonyl (C=O) groups excluding carboxylic acids is 2. The maximum absolute atomic E-state index is 11.5. The van der Waals surface area contributed by atoms with Crippen molar-refractivity contribution in [2.24, 2.45) is 10.7 Å². The molecule has 3 N–H and O–H groups in total. The summed E-state index contributed by atoms with van der Waals surface area (Å²) in [5, 5.41) is 5.47. The van der Waals surface area contributed by atoms with Gasteiger partial charge in [-0.3, -0.25) is 14.7 Å². The van der Waals surface area contributed by atoms with Crippen LogP contribution in [0.2, 0.25) is 0 Å². The van der Waals surface area contributed by atoms with E-state index in [9.17, 15) is 9.59 Å². The Morgan fingerprint density at radius 2 is 2.13 bits per heavy atom. The Balaban J connectivity index is 1.46. The number of nitrogens with two attached hydrogens (primary N) is 1. The molecule has 1 aromatic rings. The third kappa shape index (κ3) is 3.52. The monoisotopic (exact) mass is 337 g/mol. The number of hydrogen-bond acceptors (Lipinski definition) is 6. The van der Waals surface area contributed by atoms with E-state index in [0.29, 0.717) is 12.5 Å². The number of guanidine groups is 1. The van der Waals surface area contributed by atoms with Gasteiger partial charge in [-0.2, -0.15) is 0 Å². The van der Waals surface area contributed by atoms with Crippen LogP contribution >= 0.6 is 11.3 Å². The molecule has 23 heavy (non-hydrogen) atoms. The van der Waals surface area contributed by atoms with Crippen LogP contribution in [0.25, 0.3) is 0 Å². The molecular formula is C13H19N7O2S. The lowest BCUT2D eigenvalue weighted by molar-refractivity contribution is -0.124. The van der Waals surface area contributed by atoms with Gasteiger partial charge >= 0.3 is 6.03 Å². The number of hydrogen-bond donors (Lipinski definition) is 2. The van der Waals surface area contributed by atoms with Crippen molar-refractivity contribution in [2.45, 2.75) is 0 Å². The normalized spacial score (nSPS) is 19.5. The van der Waals surface area contributed by atoms with Gasteiger partial charge in [-0.15, -0.1) is 11.3 Å². The van der Waals surface area contributed by atoms with E-state index in [1.165, 1.54) is 0 Å². The maximum Gasteiger partial charge on any atom is 0.324 e. The van der Waals surface area contributed by atoms with E-state index in [-0.39, 0.29) is 25.0 Å². The number of carbonyl (C=O) groups is 2. The van der Waals surface area contributed by atoms with Gasteiger partial charge in [0.1, 0.15) is 0 Å². The molecule has 2 aliphatic heterocycles. The lowest BCUT2D eigenvalue weighted by Gasteiger charge is -2.35. The first kappa shape index (κ1) is 15.5. The van der Waals surface area contributed by atoms with Crippen molar-refractivity contribution in [1.29, 1.82) is 0 Å². The van der Waals surface area contributed by atoms with Crippen molar-refractivity contribution in [1.82, 2.24) is 20.1 Å². The number of nitrogens with one attached hydrogen (secondary N) is 1. The number of thiazole rings is 1. The largest absolute Gasteiger partial charge is 0.370 e. The van der Waals surface area contributed by atoms with Crippen molar-refractivity contribution >= 4 is 34.4 Å². The molecular weight excluding hydrogens is 318 g/mol. The fraction of sp³-hybridized carbons (Fsp3) is 0.538. The van der Waals surface area contributed by atoms with Crippen LogP contribution in [0.1, 0.15) is 0 Å². The molecule has 1 aromatic heterocycles. The number of amides is 3. The summed E-state index contributed by atoms with van der Waals surface area (Å²) < 4.78 is 0. The first-order valence-corrected chi connectivity index (χ1v) is 8.30. The second-order valence-corrected chi connectivity index (χ2v) is 6.11. The standard InChI is InChI=1S/C13H19N7O2S/c14-11(15-1-3-20-10(21)9-17-12(20)22)18-4-6-19(7-5-18)13-16-2-8-23-13/h2,8H,1,3-7,9H2,(H2,14,15)(H,17,22). The van der Waals surface area contributed by atoms with Crippen LogP contribution in [-0.2, 0) is 4.79 Å². The Hall–Kier alpha value is -2.36. The molecule has 9 nitrogen and oxygen atoms in total. The lowest BCUT2D eigenvalue weighted by Crippen LogP contribution is -2.51. The van der Waals surface area contributed by atoms with Crippen LogP contribution in [0.3, 0.4) is 0 Å². The summed E-state index contributed by atoms with van der Waals surface area (Å²) in [5.74, 6) is 0.233. The van der Waals surface area contributed by atoms with Gasteiger partial charge in [0.15, 0.2) is 11.1 Å². The van der Waals surface area contributed by atoms with E-state index in [1.807, 2.05) is 10.3 Å². The predicted molar refractivity (Wildman–Crippen MR) is 87.5 cm³/mol. The third-order valence-electron chi connectivity index (χ3n) is 3.83. The van der Waals surface area contributed by atoms with E-state index in [4.69, 9.17) is 5.73 Å². The van der Waals surface area contributed by atoms with Crippen molar-refractivity contribution in [3.8, 4) is 0 Å². The van der Waals surface area contributed by atoms with Crippen LogP contribution in [0.5, 0.6) is 0 Å². The molecule has 0 spiro atoms. The number of aliphatic imine (C=N–C) groups is 1. The number of anilines is 1. The first-order chi connectivity index (χ1) is 11.1. The van der Waals surface area contributed by atoms with Crippen LogP contribution in [0.4, 0.5) is 9.93 Å². The predicted octanol–water partition coefficient (Wildman–Crippen LogP) is -0.868. The highest BCUT2D eigenvalue weighted by atomic mass is 32.1. The Bertz CT molecular complexity index is 579. The SMILES string of the molecule is NC(=NCCN1C(=O)CNC1=O)N1CCN(c2nccs2)CC1. The molecule has 3 amide bonds. The third-order valence-corrected chi connectivity index (χ3v) is 4.66. The number of rotatable bonds is 4. The number of urea groups is 1. The molecule has 0 bridgehead atoms. The van der Waals surface area contributed by atoms with Gasteiger partial charge in [-0.05, 0) is 0 Å². The second kappa shape index (κ2) is 6.82. The summed E-state index contributed by atoms with van der Waals surface area (Å²) in [7, 11) is 0. The van der Waals surface area contributed by atoms with Gasteiger partial charge in [-0.1, -0.05) is 0 Å². The summed E-state index contributed by atoms with van der Waals surface area (Å²) in [6, 6.07) is -0.360. The zero-order valence-corrected chi connectivity index (χ0v) is 13.5. The Labute approximate surface area is 137 Å². The van der Waals surface area contributed by atoms with Crippen molar-refractivity contribution < 1.29 is 9.59 Å². The van der Waals surface area contributed by atoms with Crippen molar-refractivity contribution in [3.63, 3.8) is 0 Å². The molecule has 2 saturated heterocycles. The zero-order chi connectivity index (χ0) is 16.2. The summed E-state index contributed by atoms with van der Waals surface area (Å²) in [6.45, 7) is 3.88. The minimum atomic E-state index is -0.360. The minimum absolute atomic E-state index is 0.0662. The van der Waals surface area contributed by atoms with Crippen LogP contribution < -0.4 is 16.0 Å². The topological polar surface area (TPSA) is 107 Å². The van der Waals surface area contributed by atoms with E-state index in [1.54, 1.807) is 17.5 Å². The van der Waals surface area contributed by atoms with Gasteiger partial charge in [0, 0.05) is 37.8 Å². The fourth-order valence-electron chi connectivity index (χ4n) is 2.55. The maximum atomic E-state index is 11.5.